The van der Waals surface area contributed by atoms with Crippen molar-refractivity contribution in [1.29, 1.82) is 0 Å². The van der Waals surface area contributed by atoms with Gasteiger partial charge in [0.15, 0.2) is 0 Å². The van der Waals surface area contributed by atoms with Crippen molar-refractivity contribution in [3.05, 3.63) is 0 Å². The summed E-state index contributed by atoms with van der Waals surface area (Å²) < 4.78 is 0. The van der Waals surface area contributed by atoms with Crippen LogP contribution in [0.3, 0.4) is 0 Å². The summed E-state index contributed by atoms with van der Waals surface area (Å²) in [4.78, 5) is 0. The predicted molar refractivity (Wildman–Crippen MR) is 109 cm³/mol. The summed E-state index contributed by atoms with van der Waals surface area (Å²) in [7, 11) is 2.85. The molecule has 24 heavy (non-hydrogen) atoms. The molecule has 1 heterocycles. The van der Waals surface area contributed by atoms with Gasteiger partial charge in [-0.3, -0.25) is 0 Å². The van der Waals surface area contributed by atoms with Crippen LogP contribution in [0, 0.1) is 17.8 Å². The fourth-order valence-corrected chi connectivity index (χ4v) is 5.23. The maximum absolute atomic E-state index is 3.70. The lowest BCUT2D eigenvalue weighted by molar-refractivity contribution is 0.368. The van der Waals surface area contributed by atoms with Crippen LogP contribution in [0.25, 0.3) is 0 Å². The van der Waals surface area contributed by atoms with Gasteiger partial charge in [-0.2, -0.15) is 0 Å². The van der Waals surface area contributed by atoms with Gasteiger partial charge in [-0.1, -0.05) is 103 Å². The van der Waals surface area contributed by atoms with E-state index in [-0.39, 0.29) is 0 Å². The number of hydrogen-bond donors (Lipinski definition) is 1. The molecule has 1 aliphatic heterocycles. The highest BCUT2D eigenvalue weighted by molar-refractivity contribution is 6.42. The van der Waals surface area contributed by atoms with E-state index in [4.69, 9.17) is 0 Å². The first kappa shape index (κ1) is 20.3. The third-order valence-corrected chi connectivity index (χ3v) is 6.78. The fraction of sp³-hybridized carbons (Fsp3) is 1.00. The number of nitrogens with one attached hydrogen (secondary N) is 1. The van der Waals surface area contributed by atoms with Crippen LogP contribution in [0.4, 0.5) is 0 Å². The molecule has 1 radical (unpaired) electrons. The van der Waals surface area contributed by atoms with Gasteiger partial charge in [-0.25, -0.2) is 0 Å². The number of hydrogen-bond acceptors (Lipinski definition) is 1. The van der Waals surface area contributed by atoms with Gasteiger partial charge in [0.25, 0.3) is 0 Å². The Morgan fingerprint density at radius 3 is 1.83 bits per heavy atom. The second-order valence-corrected chi connectivity index (χ2v) is 9.78. The van der Waals surface area contributed by atoms with Crippen LogP contribution in [0.15, 0.2) is 0 Å². The lowest BCUT2D eigenvalue weighted by Gasteiger charge is -2.37. The molecule has 2 fully saturated rings. The quantitative estimate of drug-likeness (QED) is 0.571. The van der Waals surface area contributed by atoms with Gasteiger partial charge in [0.05, 0.1) is 0 Å². The lowest BCUT2D eigenvalue weighted by atomic mass is 9.40. The molecule has 139 valence electrons. The van der Waals surface area contributed by atoms with Crippen molar-refractivity contribution in [2.45, 2.75) is 109 Å². The highest BCUT2D eigenvalue weighted by Gasteiger charge is 2.33. The summed E-state index contributed by atoms with van der Waals surface area (Å²) in [6, 6.07) is 0. The van der Waals surface area contributed by atoms with Gasteiger partial charge in [-0.15, -0.1) is 0 Å². The van der Waals surface area contributed by atoms with Crippen molar-refractivity contribution in [3.63, 3.8) is 0 Å². The molecule has 1 aliphatic carbocycles. The highest BCUT2D eigenvalue weighted by Crippen LogP contribution is 2.45. The lowest BCUT2D eigenvalue weighted by Crippen LogP contribution is -2.28. The molecule has 2 rings (SSSR count). The van der Waals surface area contributed by atoms with E-state index >= 15 is 0 Å². The van der Waals surface area contributed by atoms with Crippen molar-refractivity contribution in [2.75, 3.05) is 13.1 Å². The summed E-state index contributed by atoms with van der Waals surface area (Å²) in [6.45, 7) is 12.4. The molecule has 0 aromatic carbocycles. The van der Waals surface area contributed by atoms with Gasteiger partial charge in [0, 0.05) is 0 Å². The van der Waals surface area contributed by atoms with E-state index in [1.54, 1.807) is 0 Å². The molecule has 1 N–H and O–H groups in total. The Balaban J connectivity index is 2.01. The summed E-state index contributed by atoms with van der Waals surface area (Å²) >= 11 is 0. The zero-order chi connectivity index (χ0) is 17.4. The molecule has 1 saturated heterocycles. The van der Waals surface area contributed by atoms with E-state index in [1.165, 1.54) is 83.7 Å². The Bertz CT molecular complexity index is 333. The topological polar surface area (TPSA) is 12.0 Å². The average molecular weight is 332 g/mol. The van der Waals surface area contributed by atoms with E-state index in [2.05, 4.69) is 40.3 Å². The smallest absolute Gasteiger partial charge is 0.122 e. The minimum absolute atomic E-state index is 0.487. The van der Waals surface area contributed by atoms with E-state index in [0.29, 0.717) is 5.31 Å². The molecule has 0 bridgehead atoms. The molecule has 0 aromatic rings. The van der Waals surface area contributed by atoms with Crippen molar-refractivity contribution >= 4 is 7.28 Å². The maximum atomic E-state index is 3.70. The molecule has 0 aromatic heterocycles. The van der Waals surface area contributed by atoms with Gasteiger partial charge in [0.1, 0.15) is 7.28 Å². The monoisotopic (exact) mass is 332 g/mol. The van der Waals surface area contributed by atoms with E-state index in [9.17, 15) is 0 Å². The Hall–Kier alpha value is 0.0249. The third kappa shape index (κ3) is 7.10. The summed E-state index contributed by atoms with van der Waals surface area (Å²) in [5.74, 6) is 3.28. The Labute approximate surface area is 153 Å². The van der Waals surface area contributed by atoms with Crippen LogP contribution >= 0.6 is 0 Å². The first-order chi connectivity index (χ1) is 11.5. The molecule has 0 amide bonds. The van der Waals surface area contributed by atoms with Crippen molar-refractivity contribution in [2.24, 2.45) is 17.8 Å². The highest BCUT2D eigenvalue weighted by atomic mass is 14.9. The zero-order valence-electron chi connectivity index (χ0n) is 17.1. The Morgan fingerprint density at radius 1 is 0.750 bits per heavy atom. The Kier molecular flexibility index (Phi) is 8.68. The first-order valence-electron chi connectivity index (χ1n) is 11.1. The normalized spacial score (nSPS) is 36.8. The maximum Gasteiger partial charge on any atom is 0.122 e. The zero-order valence-corrected chi connectivity index (χ0v) is 17.1. The number of rotatable bonds is 2. The average Bonchev–Trinajstić information content (AvgIpc) is 2.57. The molecule has 4 unspecified atom stereocenters. The molecule has 2 aliphatic rings. The summed E-state index contributed by atoms with van der Waals surface area (Å²) in [6.07, 6.45) is 15.9. The van der Waals surface area contributed by atoms with Crippen LogP contribution in [0.5, 0.6) is 0 Å². The van der Waals surface area contributed by atoms with Gasteiger partial charge < -0.3 is 5.32 Å². The first-order valence-corrected chi connectivity index (χ1v) is 11.1. The third-order valence-electron chi connectivity index (χ3n) is 6.78. The molecule has 2 heteroatoms. The largest absolute Gasteiger partial charge is 0.316 e. The summed E-state index contributed by atoms with van der Waals surface area (Å²) in [5.41, 5.74) is 0. The summed E-state index contributed by atoms with van der Waals surface area (Å²) in [5, 5.41) is 4.19. The van der Waals surface area contributed by atoms with Crippen molar-refractivity contribution in [1.82, 2.24) is 5.32 Å². The predicted octanol–water partition coefficient (Wildman–Crippen LogP) is 6.47. The molecular formula is C22H43BN. The van der Waals surface area contributed by atoms with Crippen molar-refractivity contribution in [3.8, 4) is 0 Å². The Morgan fingerprint density at radius 2 is 1.25 bits per heavy atom. The standard InChI is InChI=1S/C22H43BN/c1-18-14-20(3)21(15-19(2)17-24-16-18)23-22(4)12-10-8-6-5-7-9-11-13-22/h18-21,24H,5-17H2,1-4H3. The second kappa shape index (κ2) is 10.2. The van der Waals surface area contributed by atoms with Crippen molar-refractivity contribution < 1.29 is 0 Å². The van der Waals surface area contributed by atoms with Crippen LogP contribution in [-0.2, 0) is 0 Å². The molecule has 1 saturated carbocycles. The SMILES string of the molecule is CC1CNCC(C)CC([B]C2(C)CCCCCCCCC2)C(C)C1. The van der Waals surface area contributed by atoms with E-state index in [0.717, 1.165) is 23.6 Å². The van der Waals surface area contributed by atoms with Crippen LogP contribution in [0.1, 0.15) is 98.3 Å². The molecular weight excluding hydrogens is 289 g/mol. The van der Waals surface area contributed by atoms with E-state index in [1.807, 2.05) is 0 Å². The molecule has 4 atom stereocenters. The van der Waals surface area contributed by atoms with Crippen LogP contribution < -0.4 is 5.32 Å². The van der Waals surface area contributed by atoms with Gasteiger partial charge in [0.2, 0.25) is 0 Å². The van der Waals surface area contributed by atoms with Gasteiger partial charge in [-0.05, 0) is 37.3 Å². The minimum Gasteiger partial charge on any atom is -0.316 e. The van der Waals surface area contributed by atoms with Crippen LogP contribution in [0.2, 0.25) is 11.1 Å². The minimum atomic E-state index is 0.487. The molecule has 1 nitrogen and oxygen atoms in total. The van der Waals surface area contributed by atoms with E-state index < -0.39 is 0 Å². The fourth-order valence-electron chi connectivity index (χ4n) is 5.23. The second-order valence-electron chi connectivity index (χ2n) is 9.78. The van der Waals surface area contributed by atoms with Gasteiger partial charge >= 0.3 is 0 Å². The molecule has 0 spiro atoms. The van der Waals surface area contributed by atoms with Crippen LogP contribution in [-0.4, -0.2) is 20.4 Å².